The normalized spacial score (nSPS) is 11.9. The Bertz CT molecular complexity index is 813. The van der Waals surface area contributed by atoms with Crippen molar-refractivity contribution in [3.8, 4) is 11.1 Å². The van der Waals surface area contributed by atoms with E-state index < -0.39 is 24.2 Å². The van der Waals surface area contributed by atoms with E-state index in [1.54, 1.807) is 19.1 Å². The van der Waals surface area contributed by atoms with Gasteiger partial charge < -0.3 is 10.4 Å². The largest absolute Gasteiger partial charge is 0.481 e. The van der Waals surface area contributed by atoms with E-state index in [1.165, 1.54) is 0 Å². The lowest BCUT2D eigenvalue weighted by atomic mass is 9.90. The van der Waals surface area contributed by atoms with Crippen LogP contribution in [-0.4, -0.2) is 17.5 Å². The van der Waals surface area contributed by atoms with E-state index in [-0.39, 0.29) is 5.56 Å². The average Bonchev–Trinajstić information content (AvgIpc) is 2.48. The Morgan fingerprint density at radius 1 is 1.20 bits per heavy atom. The standard InChI is InChI=1S/C19H19ClFNO3/c1-10-5-14(20)6-11(2)18(10)13-4-12(3)19(21)15(7-13)16(22-9-23)8-17(24)25/h4-7,9,16H,8H2,1-3H3,(H,22,23)(H,24,25)/t16-/m0/s1. The van der Waals surface area contributed by atoms with Crippen LogP contribution in [0.2, 0.25) is 5.02 Å². The van der Waals surface area contributed by atoms with Gasteiger partial charge in [0.1, 0.15) is 5.82 Å². The maximum Gasteiger partial charge on any atom is 0.305 e. The van der Waals surface area contributed by atoms with E-state index >= 15 is 0 Å². The van der Waals surface area contributed by atoms with Crippen LogP contribution in [0.4, 0.5) is 4.39 Å². The highest BCUT2D eigenvalue weighted by Gasteiger charge is 2.21. The molecule has 0 spiro atoms. The summed E-state index contributed by atoms with van der Waals surface area (Å²) in [7, 11) is 0. The van der Waals surface area contributed by atoms with E-state index in [4.69, 9.17) is 16.7 Å². The van der Waals surface area contributed by atoms with Gasteiger partial charge in [-0.25, -0.2) is 4.39 Å². The van der Waals surface area contributed by atoms with E-state index in [9.17, 15) is 14.0 Å². The number of amides is 1. The number of aliphatic carboxylic acids is 1. The Hall–Kier alpha value is -2.40. The number of carboxylic acids is 1. The highest BCUT2D eigenvalue weighted by atomic mass is 35.5. The van der Waals surface area contributed by atoms with Crippen molar-refractivity contribution in [1.29, 1.82) is 0 Å². The molecule has 0 radical (unpaired) electrons. The van der Waals surface area contributed by atoms with Crippen LogP contribution in [0.25, 0.3) is 11.1 Å². The smallest absolute Gasteiger partial charge is 0.305 e. The summed E-state index contributed by atoms with van der Waals surface area (Å²) in [6, 6.07) is 6.00. The monoisotopic (exact) mass is 363 g/mol. The van der Waals surface area contributed by atoms with Crippen LogP contribution in [0.5, 0.6) is 0 Å². The maximum absolute atomic E-state index is 14.6. The maximum atomic E-state index is 14.6. The van der Waals surface area contributed by atoms with Crippen molar-refractivity contribution >= 4 is 24.0 Å². The summed E-state index contributed by atoms with van der Waals surface area (Å²) in [5.41, 5.74) is 4.06. The van der Waals surface area contributed by atoms with Crippen LogP contribution in [-0.2, 0) is 9.59 Å². The van der Waals surface area contributed by atoms with Gasteiger partial charge in [-0.15, -0.1) is 0 Å². The summed E-state index contributed by atoms with van der Waals surface area (Å²) in [6.07, 6.45) is -0.0228. The summed E-state index contributed by atoms with van der Waals surface area (Å²) in [4.78, 5) is 21.9. The van der Waals surface area contributed by atoms with E-state index in [2.05, 4.69) is 5.32 Å². The van der Waals surface area contributed by atoms with Gasteiger partial charge in [0.15, 0.2) is 0 Å². The number of hydrogen-bond acceptors (Lipinski definition) is 2. The van der Waals surface area contributed by atoms with Crippen molar-refractivity contribution in [2.45, 2.75) is 33.2 Å². The molecule has 132 valence electrons. The van der Waals surface area contributed by atoms with E-state index in [0.717, 1.165) is 22.3 Å². The fourth-order valence-electron chi connectivity index (χ4n) is 3.08. The Kier molecular flexibility index (Phi) is 5.80. The van der Waals surface area contributed by atoms with Gasteiger partial charge in [-0.3, -0.25) is 9.59 Å². The van der Waals surface area contributed by atoms with Crippen LogP contribution >= 0.6 is 11.6 Å². The first-order chi connectivity index (χ1) is 11.7. The first-order valence-electron chi connectivity index (χ1n) is 7.73. The topological polar surface area (TPSA) is 66.4 Å². The first kappa shape index (κ1) is 18.9. The number of carbonyl (C=O) groups excluding carboxylic acids is 1. The Morgan fingerprint density at radius 3 is 2.32 bits per heavy atom. The van der Waals surface area contributed by atoms with Gasteiger partial charge in [-0.05, 0) is 72.9 Å². The third-order valence-corrected chi connectivity index (χ3v) is 4.31. The minimum atomic E-state index is -1.12. The van der Waals surface area contributed by atoms with Gasteiger partial charge in [0.05, 0.1) is 12.5 Å². The van der Waals surface area contributed by atoms with E-state index in [0.29, 0.717) is 17.0 Å². The average molecular weight is 364 g/mol. The number of rotatable bonds is 6. The molecule has 2 aromatic rings. The molecule has 0 saturated heterocycles. The number of carbonyl (C=O) groups is 2. The lowest BCUT2D eigenvalue weighted by Gasteiger charge is -2.19. The second kappa shape index (κ2) is 7.66. The Morgan fingerprint density at radius 2 is 1.80 bits per heavy atom. The third kappa shape index (κ3) is 4.17. The molecule has 0 bridgehead atoms. The minimum absolute atomic E-state index is 0.151. The highest BCUT2D eigenvalue weighted by molar-refractivity contribution is 6.30. The molecule has 0 unspecified atom stereocenters. The molecule has 0 aliphatic heterocycles. The van der Waals surface area contributed by atoms with Gasteiger partial charge in [0.25, 0.3) is 0 Å². The number of benzene rings is 2. The van der Waals surface area contributed by atoms with E-state index in [1.807, 2.05) is 26.0 Å². The molecule has 0 aromatic heterocycles. The van der Waals surface area contributed by atoms with Crippen LogP contribution in [0, 0.1) is 26.6 Å². The van der Waals surface area contributed by atoms with Gasteiger partial charge in [0.2, 0.25) is 6.41 Å². The second-order valence-electron chi connectivity index (χ2n) is 6.05. The Balaban J connectivity index is 2.65. The predicted octanol–water partition coefficient (Wildman–Crippen LogP) is 4.33. The van der Waals surface area contributed by atoms with Crippen LogP contribution in [0.3, 0.4) is 0 Å². The van der Waals surface area contributed by atoms with Crippen molar-refractivity contribution in [3.05, 3.63) is 57.4 Å². The minimum Gasteiger partial charge on any atom is -0.481 e. The highest BCUT2D eigenvalue weighted by Crippen LogP contribution is 2.34. The molecule has 0 aliphatic carbocycles. The summed E-state index contributed by atoms with van der Waals surface area (Å²) in [5.74, 6) is -1.64. The predicted molar refractivity (Wildman–Crippen MR) is 95.3 cm³/mol. The van der Waals surface area contributed by atoms with Crippen LogP contribution in [0.1, 0.15) is 34.7 Å². The number of carboxylic acid groups (broad SMARTS) is 1. The molecule has 2 N–H and O–H groups in total. The molecule has 4 nitrogen and oxygen atoms in total. The van der Waals surface area contributed by atoms with Gasteiger partial charge in [-0.1, -0.05) is 11.6 Å². The van der Waals surface area contributed by atoms with Crippen molar-refractivity contribution in [3.63, 3.8) is 0 Å². The van der Waals surface area contributed by atoms with Gasteiger partial charge in [0, 0.05) is 10.6 Å². The van der Waals surface area contributed by atoms with Crippen molar-refractivity contribution in [2.24, 2.45) is 0 Å². The molecular formula is C19H19ClFNO3. The molecule has 0 saturated carbocycles. The zero-order valence-corrected chi connectivity index (χ0v) is 14.9. The molecule has 2 rings (SSSR count). The lowest BCUT2D eigenvalue weighted by Crippen LogP contribution is -2.23. The number of nitrogens with one attached hydrogen (secondary N) is 1. The van der Waals surface area contributed by atoms with Gasteiger partial charge >= 0.3 is 5.97 Å². The molecule has 2 aromatic carbocycles. The number of halogens is 2. The molecule has 0 aliphatic rings. The first-order valence-corrected chi connectivity index (χ1v) is 8.11. The summed E-state index contributed by atoms with van der Waals surface area (Å²) < 4.78 is 14.6. The molecule has 1 amide bonds. The number of aryl methyl sites for hydroxylation is 3. The molecule has 25 heavy (non-hydrogen) atoms. The lowest BCUT2D eigenvalue weighted by molar-refractivity contribution is -0.137. The van der Waals surface area contributed by atoms with Crippen LogP contribution in [0.15, 0.2) is 24.3 Å². The molecule has 6 heteroatoms. The molecule has 1 atom stereocenters. The Labute approximate surface area is 150 Å². The zero-order valence-electron chi connectivity index (χ0n) is 14.2. The SMILES string of the molecule is Cc1cc(-c2c(C)cc(Cl)cc2C)cc([C@H](CC(=O)O)NC=O)c1F. The van der Waals surface area contributed by atoms with Gasteiger partial charge in [-0.2, -0.15) is 0 Å². The summed E-state index contributed by atoms with van der Waals surface area (Å²) in [6.45, 7) is 5.43. The molecule has 0 heterocycles. The molecule has 0 fully saturated rings. The fourth-order valence-corrected chi connectivity index (χ4v) is 3.40. The molecular weight excluding hydrogens is 345 g/mol. The number of hydrogen-bond donors (Lipinski definition) is 2. The van der Waals surface area contributed by atoms with Crippen molar-refractivity contribution in [1.82, 2.24) is 5.32 Å². The van der Waals surface area contributed by atoms with Crippen molar-refractivity contribution in [2.75, 3.05) is 0 Å². The van der Waals surface area contributed by atoms with Crippen molar-refractivity contribution < 1.29 is 19.1 Å². The fraction of sp³-hybridized carbons (Fsp3) is 0.263. The second-order valence-corrected chi connectivity index (χ2v) is 6.48. The quantitative estimate of drug-likeness (QED) is 0.750. The van der Waals surface area contributed by atoms with Crippen LogP contribution < -0.4 is 5.32 Å². The third-order valence-electron chi connectivity index (χ3n) is 4.09. The summed E-state index contributed by atoms with van der Waals surface area (Å²) >= 11 is 6.07. The summed E-state index contributed by atoms with van der Waals surface area (Å²) in [5, 5.41) is 12.1. The zero-order chi connectivity index (χ0) is 18.7.